The van der Waals surface area contributed by atoms with Crippen LogP contribution in [0, 0.1) is 5.92 Å². The molecule has 1 aliphatic carbocycles. The third-order valence-corrected chi connectivity index (χ3v) is 3.68. The van der Waals surface area contributed by atoms with Crippen LogP contribution >= 0.6 is 0 Å². The summed E-state index contributed by atoms with van der Waals surface area (Å²) in [5.41, 5.74) is 0. The van der Waals surface area contributed by atoms with Gasteiger partial charge in [-0.3, -0.25) is 4.79 Å². The number of rotatable bonds is 7. The molecule has 5 heteroatoms. The van der Waals surface area contributed by atoms with Crippen molar-refractivity contribution in [3.05, 3.63) is 0 Å². The Morgan fingerprint density at radius 3 is 2.42 bits per heavy atom. The van der Waals surface area contributed by atoms with Crippen molar-refractivity contribution in [3.63, 3.8) is 0 Å². The zero-order valence-electron chi connectivity index (χ0n) is 11.7. The first-order valence-corrected chi connectivity index (χ1v) is 7.17. The standard InChI is InChI=1S/C14H25NO4/c1-19-10-6-9-12(14(17)18)15-13(16)11-7-4-2-3-5-8-11/h11-12H,2-10H2,1H3,(H,15,16)(H,17,18). The molecule has 0 bridgehead atoms. The number of aliphatic carboxylic acids is 1. The van der Waals surface area contributed by atoms with Gasteiger partial charge in [-0.25, -0.2) is 4.79 Å². The van der Waals surface area contributed by atoms with Crippen LogP contribution in [0.3, 0.4) is 0 Å². The van der Waals surface area contributed by atoms with Gasteiger partial charge in [0.15, 0.2) is 0 Å². The molecule has 1 atom stereocenters. The molecule has 0 aromatic carbocycles. The van der Waals surface area contributed by atoms with E-state index in [1.165, 1.54) is 12.8 Å². The van der Waals surface area contributed by atoms with Gasteiger partial charge in [-0.05, 0) is 25.7 Å². The van der Waals surface area contributed by atoms with Crippen molar-refractivity contribution in [1.29, 1.82) is 0 Å². The van der Waals surface area contributed by atoms with E-state index in [-0.39, 0.29) is 11.8 Å². The number of hydrogen-bond acceptors (Lipinski definition) is 3. The van der Waals surface area contributed by atoms with Gasteiger partial charge in [0.05, 0.1) is 0 Å². The highest BCUT2D eigenvalue weighted by Gasteiger charge is 2.25. The SMILES string of the molecule is COCCCC(NC(=O)C1CCCCCC1)C(=O)O. The topological polar surface area (TPSA) is 75.6 Å². The smallest absolute Gasteiger partial charge is 0.326 e. The number of carbonyl (C=O) groups is 2. The van der Waals surface area contributed by atoms with Gasteiger partial charge in [0.2, 0.25) is 5.91 Å². The maximum Gasteiger partial charge on any atom is 0.326 e. The summed E-state index contributed by atoms with van der Waals surface area (Å²) in [7, 11) is 1.58. The minimum atomic E-state index is -0.960. The molecule has 1 unspecified atom stereocenters. The molecule has 0 aromatic rings. The van der Waals surface area contributed by atoms with E-state index in [2.05, 4.69) is 5.32 Å². The molecule has 0 radical (unpaired) electrons. The van der Waals surface area contributed by atoms with Gasteiger partial charge in [0.1, 0.15) is 6.04 Å². The van der Waals surface area contributed by atoms with Gasteiger partial charge < -0.3 is 15.2 Å². The maximum absolute atomic E-state index is 12.1. The number of hydrogen-bond donors (Lipinski definition) is 2. The molecule has 0 aliphatic heterocycles. The Bertz CT molecular complexity index is 285. The number of ether oxygens (including phenoxy) is 1. The van der Waals surface area contributed by atoms with Crippen LogP contribution in [0.15, 0.2) is 0 Å². The van der Waals surface area contributed by atoms with Gasteiger partial charge in [-0.1, -0.05) is 25.7 Å². The van der Waals surface area contributed by atoms with Gasteiger partial charge in [0.25, 0.3) is 0 Å². The highest BCUT2D eigenvalue weighted by molar-refractivity contribution is 5.84. The van der Waals surface area contributed by atoms with Crippen LogP contribution in [-0.4, -0.2) is 36.7 Å². The van der Waals surface area contributed by atoms with E-state index in [0.29, 0.717) is 19.4 Å². The van der Waals surface area contributed by atoms with E-state index < -0.39 is 12.0 Å². The van der Waals surface area contributed by atoms with Crippen molar-refractivity contribution in [2.75, 3.05) is 13.7 Å². The zero-order chi connectivity index (χ0) is 14.1. The van der Waals surface area contributed by atoms with Gasteiger partial charge >= 0.3 is 5.97 Å². The lowest BCUT2D eigenvalue weighted by Gasteiger charge is -2.19. The Hall–Kier alpha value is -1.10. The lowest BCUT2D eigenvalue weighted by molar-refractivity contribution is -0.142. The summed E-state index contributed by atoms with van der Waals surface area (Å²) in [5, 5.41) is 11.8. The molecule has 1 saturated carbocycles. The molecule has 1 amide bonds. The van der Waals surface area contributed by atoms with Crippen LogP contribution in [0.25, 0.3) is 0 Å². The summed E-state index contributed by atoms with van der Waals surface area (Å²) in [6, 6.07) is -0.786. The van der Waals surface area contributed by atoms with E-state index in [0.717, 1.165) is 25.7 Å². The Morgan fingerprint density at radius 1 is 1.26 bits per heavy atom. The maximum atomic E-state index is 12.1. The molecule has 0 aromatic heterocycles. The van der Waals surface area contributed by atoms with Crippen molar-refractivity contribution in [1.82, 2.24) is 5.32 Å². The monoisotopic (exact) mass is 271 g/mol. The van der Waals surface area contributed by atoms with Crippen LogP contribution in [0.4, 0.5) is 0 Å². The van der Waals surface area contributed by atoms with E-state index in [4.69, 9.17) is 9.84 Å². The summed E-state index contributed by atoms with van der Waals surface area (Å²) in [6.07, 6.45) is 7.32. The first-order chi connectivity index (χ1) is 9.15. The highest BCUT2D eigenvalue weighted by Crippen LogP contribution is 2.23. The average Bonchev–Trinajstić information content (AvgIpc) is 2.66. The second kappa shape index (κ2) is 8.91. The third kappa shape index (κ3) is 6.05. The second-order valence-corrected chi connectivity index (χ2v) is 5.22. The summed E-state index contributed by atoms with van der Waals surface area (Å²) in [6.45, 7) is 0.517. The predicted molar refractivity (Wildman–Crippen MR) is 71.9 cm³/mol. The highest BCUT2D eigenvalue weighted by atomic mass is 16.5. The van der Waals surface area contributed by atoms with Gasteiger partial charge in [-0.2, -0.15) is 0 Å². The Morgan fingerprint density at radius 2 is 1.89 bits per heavy atom. The fourth-order valence-corrected chi connectivity index (χ4v) is 2.52. The van der Waals surface area contributed by atoms with E-state index in [1.54, 1.807) is 7.11 Å². The minimum absolute atomic E-state index is 0.00762. The molecule has 2 N–H and O–H groups in total. The Balaban J connectivity index is 2.42. The number of carbonyl (C=O) groups excluding carboxylic acids is 1. The number of carboxylic acid groups (broad SMARTS) is 1. The average molecular weight is 271 g/mol. The first kappa shape index (κ1) is 16.0. The van der Waals surface area contributed by atoms with Crippen LogP contribution in [0.5, 0.6) is 0 Å². The largest absolute Gasteiger partial charge is 0.480 e. The quantitative estimate of drug-likeness (QED) is 0.548. The lowest BCUT2D eigenvalue weighted by Crippen LogP contribution is -2.43. The molecular formula is C14H25NO4. The summed E-state index contributed by atoms with van der Waals surface area (Å²) < 4.78 is 4.90. The van der Waals surface area contributed by atoms with Crippen molar-refractivity contribution in [2.24, 2.45) is 5.92 Å². The molecule has 0 saturated heterocycles. The third-order valence-electron chi connectivity index (χ3n) is 3.68. The van der Waals surface area contributed by atoms with Gasteiger partial charge in [-0.15, -0.1) is 0 Å². The minimum Gasteiger partial charge on any atom is -0.480 e. The van der Waals surface area contributed by atoms with E-state index >= 15 is 0 Å². The van der Waals surface area contributed by atoms with Crippen molar-refractivity contribution < 1.29 is 19.4 Å². The van der Waals surface area contributed by atoms with E-state index in [9.17, 15) is 9.59 Å². The summed E-state index contributed by atoms with van der Waals surface area (Å²) >= 11 is 0. The normalized spacial score (nSPS) is 18.6. The second-order valence-electron chi connectivity index (χ2n) is 5.22. The lowest BCUT2D eigenvalue weighted by atomic mass is 9.98. The van der Waals surface area contributed by atoms with Crippen molar-refractivity contribution >= 4 is 11.9 Å². The van der Waals surface area contributed by atoms with Crippen molar-refractivity contribution in [2.45, 2.75) is 57.4 Å². The zero-order valence-corrected chi connectivity index (χ0v) is 11.7. The number of carboxylic acids is 1. The van der Waals surface area contributed by atoms with Crippen molar-refractivity contribution in [3.8, 4) is 0 Å². The fourth-order valence-electron chi connectivity index (χ4n) is 2.52. The molecule has 110 valence electrons. The molecule has 0 spiro atoms. The molecule has 19 heavy (non-hydrogen) atoms. The fraction of sp³-hybridized carbons (Fsp3) is 0.857. The number of amides is 1. The molecule has 1 fully saturated rings. The molecule has 1 aliphatic rings. The first-order valence-electron chi connectivity index (χ1n) is 7.17. The van der Waals surface area contributed by atoms with Crippen LogP contribution in [0.1, 0.15) is 51.4 Å². The van der Waals surface area contributed by atoms with Crippen LogP contribution < -0.4 is 5.32 Å². The number of nitrogens with one attached hydrogen (secondary N) is 1. The van der Waals surface area contributed by atoms with Gasteiger partial charge in [0, 0.05) is 19.6 Å². The molecular weight excluding hydrogens is 246 g/mol. The van der Waals surface area contributed by atoms with E-state index in [1.807, 2.05) is 0 Å². The van der Waals surface area contributed by atoms with Crippen LogP contribution in [-0.2, 0) is 14.3 Å². The molecule has 5 nitrogen and oxygen atoms in total. The Kier molecular flexibility index (Phi) is 7.48. The van der Waals surface area contributed by atoms with Crippen LogP contribution in [0.2, 0.25) is 0 Å². The predicted octanol–water partition coefficient (Wildman–Crippen LogP) is 1.95. The molecule has 1 rings (SSSR count). The summed E-state index contributed by atoms with van der Waals surface area (Å²) in [5.74, 6) is -1.06. The Labute approximate surface area is 114 Å². The molecule has 0 heterocycles. The summed E-state index contributed by atoms with van der Waals surface area (Å²) in [4.78, 5) is 23.2. The number of methoxy groups -OCH3 is 1.